The standard InChI is InChI=1S/C27H23ClN4O2S/c1-16-12-21(17(2)31(16)19-7-5-6-18(28)13-19)26-25(22-8-3-4-11-29-22)30-27(35)32(26)20-9-10-23-24(14-20)34-15-33-23/h3-14,25-26H,15H2,1-2H3,(H,30,35)/t25-,26+/m0/s1. The van der Waals surface area contributed by atoms with Gasteiger partial charge in [-0.1, -0.05) is 23.7 Å². The Bertz CT molecular complexity index is 1440. The molecule has 1 saturated heterocycles. The molecule has 0 bridgehead atoms. The lowest BCUT2D eigenvalue weighted by Gasteiger charge is -2.28. The Labute approximate surface area is 214 Å². The number of nitrogens with zero attached hydrogens (tertiary/aromatic N) is 3. The van der Waals surface area contributed by atoms with Crippen molar-refractivity contribution in [2.45, 2.75) is 25.9 Å². The fraction of sp³-hybridized carbons (Fsp3) is 0.185. The molecule has 2 atom stereocenters. The number of pyridine rings is 1. The highest BCUT2D eigenvalue weighted by Gasteiger charge is 2.42. The smallest absolute Gasteiger partial charge is 0.231 e. The molecule has 4 heterocycles. The van der Waals surface area contributed by atoms with Crippen LogP contribution in [0.1, 0.15) is 34.7 Å². The first-order valence-electron chi connectivity index (χ1n) is 11.4. The highest BCUT2D eigenvalue weighted by molar-refractivity contribution is 7.80. The molecule has 2 aliphatic rings. The highest BCUT2D eigenvalue weighted by Crippen LogP contribution is 2.46. The predicted molar refractivity (Wildman–Crippen MR) is 141 cm³/mol. The molecule has 2 aromatic heterocycles. The predicted octanol–water partition coefficient (Wildman–Crippen LogP) is 6.05. The minimum Gasteiger partial charge on any atom is -0.454 e. The Morgan fingerprint density at radius 3 is 2.63 bits per heavy atom. The molecule has 0 amide bonds. The maximum Gasteiger partial charge on any atom is 0.231 e. The van der Waals surface area contributed by atoms with Gasteiger partial charge in [0.15, 0.2) is 16.6 Å². The van der Waals surface area contributed by atoms with Crippen molar-refractivity contribution in [3.8, 4) is 17.2 Å². The fourth-order valence-corrected chi connectivity index (χ4v) is 5.61. The third-order valence-electron chi connectivity index (χ3n) is 6.59. The number of aromatic nitrogens is 2. The van der Waals surface area contributed by atoms with Crippen molar-refractivity contribution >= 4 is 34.6 Å². The van der Waals surface area contributed by atoms with Crippen molar-refractivity contribution in [2.24, 2.45) is 0 Å². The molecule has 0 aliphatic carbocycles. The first-order valence-corrected chi connectivity index (χ1v) is 12.1. The second kappa shape index (κ2) is 8.59. The van der Waals surface area contributed by atoms with E-state index in [4.69, 9.17) is 33.3 Å². The van der Waals surface area contributed by atoms with Crippen LogP contribution in [0.5, 0.6) is 11.5 Å². The van der Waals surface area contributed by atoms with E-state index in [2.05, 4.69) is 45.7 Å². The van der Waals surface area contributed by atoms with Crippen LogP contribution in [0.2, 0.25) is 5.02 Å². The van der Waals surface area contributed by atoms with Gasteiger partial charge in [-0.25, -0.2) is 0 Å². The lowest BCUT2D eigenvalue weighted by molar-refractivity contribution is 0.174. The number of halogens is 1. The third-order valence-corrected chi connectivity index (χ3v) is 7.14. The summed E-state index contributed by atoms with van der Waals surface area (Å²) in [7, 11) is 0. The Morgan fingerprint density at radius 1 is 0.971 bits per heavy atom. The van der Waals surface area contributed by atoms with Crippen LogP contribution >= 0.6 is 23.8 Å². The lowest BCUT2D eigenvalue weighted by Crippen LogP contribution is -2.29. The van der Waals surface area contributed by atoms with Crippen molar-refractivity contribution in [3.63, 3.8) is 0 Å². The number of nitrogens with one attached hydrogen (secondary N) is 1. The molecule has 1 N–H and O–H groups in total. The van der Waals surface area contributed by atoms with Crippen LogP contribution in [0, 0.1) is 13.8 Å². The van der Waals surface area contributed by atoms with Gasteiger partial charge in [0.2, 0.25) is 6.79 Å². The zero-order chi connectivity index (χ0) is 24.1. The molecular weight excluding hydrogens is 480 g/mol. The van der Waals surface area contributed by atoms with Gasteiger partial charge < -0.3 is 24.3 Å². The van der Waals surface area contributed by atoms with Crippen molar-refractivity contribution < 1.29 is 9.47 Å². The van der Waals surface area contributed by atoms with Gasteiger partial charge in [-0.15, -0.1) is 0 Å². The normalized spacial score (nSPS) is 18.7. The molecule has 1 fully saturated rings. The molecule has 0 unspecified atom stereocenters. The first-order chi connectivity index (χ1) is 17.0. The molecule has 2 aromatic carbocycles. The van der Waals surface area contributed by atoms with Crippen LogP contribution in [0.25, 0.3) is 5.69 Å². The minimum atomic E-state index is -0.137. The summed E-state index contributed by atoms with van der Waals surface area (Å²) in [5, 5.41) is 4.87. The Kier molecular flexibility index (Phi) is 5.39. The monoisotopic (exact) mass is 502 g/mol. The number of rotatable bonds is 4. The summed E-state index contributed by atoms with van der Waals surface area (Å²) in [5.74, 6) is 1.46. The molecule has 6 nitrogen and oxygen atoms in total. The zero-order valence-corrected chi connectivity index (χ0v) is 20.8. The Balaban J connectivity index is 1.51. The molecule has 0 radical (unpaired) electrons. The maximum atomic E-state index is 6.33. The van der Waals surface area contributed by atoms with E-state index < -0.39 is 0 Å². The average Bonchev–Trinajstić information content (AvgIpc) is 3.54. The number of ether oxygens (including phenoxy) is 2. The number of anilines is 1. The zero-order valence-electron chi connectivity index (χ0n) is 19.2. The minimum absolute atomic E-state index is 0.128. The summed E-state index contributed by atoms with van der Waals surface area (Å²) in [4.78, 5) is 6.82. The largest absolute Gasteiger partial charge is 0.454 e. The number of thiocarbonyl (C=S) groups is 1. The number of benzene rings is 2. The third kappa shape index (κ3) is 3.72. The van der Waals surface area contributed by atoms with Gasteiger partial charge in [0.25, 0.3) is 0 Å². The van der Waals surface area contributed by atoms with Gasteiger partial charge in [-0.2, -0.15) is 0 Å². The number of aryl methyl sites for hydroxylation is 1. The van der Waals surface area contributed by atoms with Crippen LogP contribution in [0.15, 0.2) is 72.9 Å². The molecule has 35 heavy (non-hydrogen) atoms. The summed E-state index contributed by atoms with van der Waals surface area (Å²) < 4.78 is 13.4. The summed E-state index contributed by atoms with van der Waals surface area (Å²) in [6, 6.07) is 21.8. The van der Waals surface area contributed by atoms with Gasteiger partial charge >= 0.3 is 0 Å². The van der Waals surface area contributed by atoms with Crippen molar-refractivity contribution in [3.05, 3.63) is 101 Å². The van der Waals surface area contributed by atoms with Gasteiger partial charge in [-0.3, -0.25) is 4.98 Å². The lowest BCUT2D eigenvalue weighted by atomic mass is 9.96. The molecule has 8 heteroatoms. The summed E-state index contributed by atoms with van der Waals surface area (Å²) in [6.07, 6.45) is 1.82. The van der Waals surface area contributed by atoms with Gasteiger partial charge in [0.1, 0.15) is 0 Å². The van der Waals surface area contributed by atoms with E-state index in [0.29, 0.717) is 10.1 Å². The highest BCUT2D eigenvalue weighted by atomic mass is 35.5. The van der Waals surface area contributed by atoms with Crippen LogP contribution in [0.4, 0.5) is 5.69 Å². The molecule has 4 aromatic rings. The van der Waals surface area contributed by atoms with Crippen LogP contribution in [-0.4, -0.2) is 21.5 Å². The number of fused-ring (bicyclic) bond motifs is 1. The molecule has 176 valence electrons. The number of hydrogen-bond donors (Lipinski definition) is 1. The Morgan fingerprint density at radius 2 is 1.83 bits per heavy atom. The van der Waals surface area contributed by atoms with E-state index in [9.17, 15) is 0 Å². The van der Waals surface area contributed by atoms with Gasteiger partial charge in [0, 0.05) is 40.0 Å². The van der Waals surface area contributed by atoms with E-state index in [1.54, 1.807) is 0 Å². The SMILES string of the molecule is Cc1cc([C@@H]2[C@H](c3ccccn3)NC(=S)N2c2ccc3c(c2)OCO3)c(C)n1-c1cccc(Cl)c1. The first kappa shape index (κ1) is 21.9. The van der Waals surface area contributed by atoms with Crippen LogP contribution in [-0.2, 0) is 0 Å². The van der Waals surface area contributed by atoms with Crippen molar-refractivity contribution in [1.82, 2.24) is 14.9 Å². The molecular formula is C27H23ClN4O2S. The number of hydrogen-bond acceptors (Lipinski definition) is 4. The van der Waals surface area contributed by atoms with Crippen molar-refractivity contribution in [1.29, 1.82) is 0 Å². The van der Waals surface area contributed by atoms with E-state index >= 15 is 0 Å². The topological polar surface area (TPSA) is 51.6 Å². The van der Waals surface area contributed by atoms with E-state index in [1.165, 1.54) is 0 Å². The Hall–Kier alpha value is -3.55. The van der Waals surface area contributed by atoms with E-state index in [0.717, 1.165) is 45.5 Å². The summed E-state index contributed by atoms with van der Waals surface area (Å²) in [6.45, 7) is 4.47. The molecule has 0 saturated carbocycles. The summed E-state index contributed by atoms with van der Waals surface area (Å²) >= 11 is 12.2. The second-order valence-corrected chi connectivity index (χ2v) is 9.50. The summed E-state index contributed by atoms with van der Waals surface area (Å²) in [5.41, 5.74) is 6.27. The molecule has 0 spiro atoms. The maximum absolute atomic E-state index is 6.33. The van der Waals surface area contributed by atoms with Gasteiger partial charge in [0.05, 0.1) is 17.8 Å². The quantitative estimate of drug-likeness (QED) is 0.343. The molecule has 2 aliphatic heterocycles. The van der Waals surface area contributed by atoms with E-state index in [1.807, 2.05) is 60.8 Å². The average molecular weight is 503 g/mol. The van der Waals surface area contributed by atoms with Crippen LogP contribution < -0.4 is 19.7 Å². The van der Waals surface area contributed by atoms with Gasteiger partial charge in [-0.05, 0) is 80.2 Å². The molecule has 6 rings (SSSR count). The fourth-order valence-electron chi connectivity index (χ4n) is 5.08. The van der Waals surface area contributed by atoms with E-state index in [-0.39, 0.29) is 18.9 Å². The van der Waals surface area contributed by atoms with Crippen LogP contribution in [0.3, 0.4) is 0 Å². The second-order valence-electron chi connectivity index (χ2n) is 8.68. The van der Waals surface area contributed by atoms with Crippen molar-refractivity contribution in [2.75, 3.05) is 11.7 Å².